The van der Waals surface area contributed by atoms with Crippen LogP contribution in [0.15, 0.2) is 0 Å². The number of carbonyl (C=O) groups is 1. The molecule has 1 rings (SSSR count). The normalized spacial score (nSPS) is 20.8. The van der Waals surface area contributed by atoms with Gasteiger partial charge in [0.2, 0.25) is 0 Å². The van der Waals surface area contributed by atoms with E-state index in [0.717, 1.165) is 0 Å². The van der Waals surface area contributed by atoms with Gasteiger partial charge in [-0.3, -0.25) is 0 Å². The van der Waals surface area contributed by atoms with E-state index in [-0.39, 0.29) is 13.1 Å². The van der Waals surface area contributed by atoms with Crippen LogP contribution >= 0.6 is 0 Å². The smallest absolute Gasteiger partial charge is 0.411 e. The Labute approximate surface area is 71.7 Å². The Hall–Kier alpha value is -0.820. The summed E-state index contributed by atoms with van der Waals surface area (Å²) in [4.78, 5) is 10.5. The maximum absolute atomic E-state index is 11.7. The van der Waals surface area contributed by atoms with Crippen LogP contribution < -0.4 is 5.32 Å². The molecule has 1 fully saturated rings. The van der Waals surface area contributed by atoms with Gasteiger partial charge in [0.1, 0.15) is 6.61 Å². The van der Waals surface area contributed by atoms with Gasteiger partial charge in [0, 0.05) is 13.1 Å². The van der Waals surface area contributed by atoms with Gasteiger partial charge in [0.25, 0.3) is 0 Å². The lowest BCUT2D eigenvalue weighted by Gasteiger charge is -2.38. The fourth-order valence-corrected chi connectivity index (χ4v) is 0.887. The molecule has 1 aliphatic rings. The first-order chi connectivity index (χ1) is 5.86. The molecule has 0 aliphatic carbocycles. The molecule has 76 valence electrons. The van der Waals surface area contributed by atoms with Gasteiger partial charge in [-0.15, -0.1) is 0 Å². The predicted molar refractivity (Wildman–Crippen MR) is 35.2 cm³/mol. The van der Waals surface area contributed by atoms with Crippen molar-refractivity contribution in [3.05, 3.63) is 0 Å². The highest BCUT2D eigenvalue weighted by atomic mass is 19.4. The summed E-state index contributed by atoms with van der Waals surface area (Å²) in [6.45, 7) is -1.70. The Morgan fingerprint density at radius 2 is 2.08 bits per heavy atom. The monoisotopic (exact) mass is 199 g/mol. The number of hydrogen-bond donors (Lipinski definition) is 2. The van der Waals surface area contributed by atoms with Crippen LogP contribution in [0.2, 0.25) is 0 Å². The number of carboxylic acids is 1. The van der Waals surface area contributed by atoms with Gasteiger partial charge in [-0.1, -0.05) is 0 Å². The molecule has 0 radical (unpaired) electrons. The summed E-state index contributed by atoms with van der Waals surface area (Å²) in [6.07, 6.45) is -4.49. The largest absolute Gasteiger partial charge is 0.479 e. The Morgan fingerprint density at radius 1 is 1.54 bits per heavy atom. The molecule has 0 amide bonds. The summed E-state index contributed by atoms with van der Waals surface area (Å²) in [5, 5.41) is 11.1. The molecule has 2 N–H and O–H groups in total. The first-order valence-corrected chi connectivity index (χ1v) is 3.51. The van der Waals surface area contributed by atoms with Crippen molar-refractivity contribution in [2.24, 2.45) is 0 Å². The fraction of sp³-hybridized carbons (Fsp3) is 0.833. The lowest BCUT2D eigenvalue weighted by atomic mass is 9.97. The van der Waals surface area contributed by atoms with Crippen molar-refractivity contribution in [1.29, 1.82) is 0 Å². The molecule has 4 nitrogen and oxygen atoms in total. The summed E-state index contributed by atoms with van der Waals surface area (Å²) >= 11 is 0. The van der Waals surface area contributed by atoms with Crippen LogP contribution in [-0.2, 0) is 9.53 Å². The summed E-state index contributed by atoms with van der Waals surface area (Å²) in [6, 6.07) is 0. The van der Waals surface area contributed by atoms with E-state index < -0.39 is 24.4 Å². The molecular weight excluding hydrogens is 191 g/mol. The van der Waals surface area contributed by atoms with Crippen molar-refractivity contribution < 1.29 is 27.8 Å². The summed E-state index contributed by atoms with van der Waals surface area (Å²) < 4.78 is 39.3. The minimum atomic E-state index is -4.49. The molecule has 0 aromatic rings. The van der Waals surface area contributed by atoms with Gasteiger partial charge < -0.3 is 15.2 Å². The van der Waals surface area contributed by atoms with Crippen LogP contribution in [0.5, 0.6) is 0 Å². The molecule has 7 heteroatoms. The van der Waals surface area contributed by atoms with E-state index in [1.807, 2.05) is 0 Å². The second-order valence-electron chi connectivity index (χ2n) is 2.81. The third-order valence-electron chi connectivity index (χ3n) is 1.72. The van der Waals surface area contributed by atoms with Crippen molar-refractivity contribution in [2.75, 3.05) is 19.7 Å². The van der Waals surface area contributed by atoms with Crippen LogP contribution in [-0.4, -0.2) is 42.5 Å². The second kappa shape index (κ2) is 3.15. The fourth-order valence-electron chi connectivity index (χ4n) is 0.887. The van der Waals surface area contributed by atoms with Crippen molar-refractivity contribution >= 4 is 5.97 Å². The molecule has 0 saturated carbocycles. The van der Waals surface area contributed by atoms with Crippen LogP contribution in [0.1, 0.15) is 0 Å². The average Bonchev–Trinajstić information content (AvgIpc) is 1.80. The van der Waals surface area contributed by atoms with Crippen LogP contribution in [0, 0.1) is 0 Å². The van der Waals surface area contributed by atoms with E-state index in [2.05, 4.69) is 10.1 Å². The molecule has 0 aromatic carbocycles. The first-order valence-electron chi connectivity index (χ1n) is 3.51. The SMILES string of the molecule is O=C(O)C1(OCC(F)(F)F)CNC1. The number of halogens is 3. The minimum absolute atomic E-state index is 0.0849. The zero-order valence-electron chi connectivity index (χ0n) is 6.52. The standard InChI is InChI=1S/C6H8F3NO3/c7-6(8,9)3-13-5(4(11)12)1-10-2-5/h10H,1-3H2,(H,11,12). The van der Waals surface area contributed by atoms with E-state index in [1.54, 1.807) is 0 Å². The average molecular weight is 199 g/mol. The quantitative estimate of drug-likeness (QED) is 0.671. The van der Waals surface area contributed by atoms with Gasteiger partial charge in [-0.05, 0) is 0 Å². The van der Waals surface area contributed by atoms with Gasteiger partial charge >= 0.3 is 12.1 Å². The summed E-state index contributed by atoms with van der Waals surface area (Å²) in [5.74, 6) is -1.37. The van der Waals surface area contributed by atoms with Gasteiger partial charge in [0.05, 0.1) is 0 Å². The highest BCUT2D eigenvalue weighted by Crippen LogP contribution is 2.22. The number of hydrogen-bond acceptors (Lipinski definition) is 3. The lowest BCUT2D eigenvalue weighted by Crippen LogP contribution is -2.66. The van der Waals surface area contributed by atoms with Crippen LogP contribution in [0.3, 0.4) is 0 Å². The molecule has 0 atom stereocenters. The topological polar surface area (TPSA) is 58.6 Å². The number of rotatable bonds is 3. The van der Waals surface area contributed by atoms with Gasteiger partial charge in [-0.25, -0.2) is 4.79 Å². The second-order valence-corrected chi connectivity index (χ2v) is 2.81. The molecule has 1 heterocycles. The third kappa shape index (κ3) is 2.31. The highest BCUT2D eigenvalue weighted by molar-refractivity contribution is 5.79. The van der Waals surface area contributed by atoms with Crippen molar-refractivity contribution in [3.8, 4) is 0 Å². The Balaban J connectivity index is 2.46. The molecule has 1 saturated heterocycles. The molecule has 0 bridgehead atoms. The van der Waals surface area contributed by atoms with E-state index in [1.165, 1.54) is 0 Å². The van der Waals surface area contributed by atoms with Crippen LogP contribution in [0.25, 0.3) is 0 Å². The predicted octanol–water partition coefficient (Wildman–Crippen LogP) is -0.00810. The maximum Gasteiger partial charge on any atom is 0.411 e. The number of aliphatic carboxylic acids is 1. The van der Waals surface area contributed by atoms with E-state index in [4.69, 9.17) is 5.11 Å². The van der Waals surface area contributed by atoms with E-state index in [9.17, 15) is 18.0 Å². The number of alkyl halides is 3. The first kappa shape index (κ1) is 10.3. The molecule has 0 spiro atoms. The maximum atomic E-state index is 11.7. The van der Waals surface area contributed by atoms with Crippen LogP contribution in [0.4, 0.5) is 13.2 Å². The number of nitrogens with one attached hydrogen (secondary N) is 1. The van der Waals surface area contributed by atoms with Crippen molar-refractivity contribution in [2.45, 2.75) is 11.8 Å². The third-order valence-corrected chi connectivity index (χ3v) is 1.72. The Kier molecular flexibility index (Phi) is 2.49. The molecule has 13 heavy (non-hydrogen) atoms. The summed E-state index contributed by atoms with van der Waals surface area (Å²) in [5.41, 5.74) is -1.68. The number of ether oxygens (including phenoxy) is 1. The zero-order chi connectivity index (χ0) is 10.1. The Morgan fingerprint density at radius 3 is 2.31 bits per heavy atom. The zero-order valence-corrected chi connectivity index (χ0v) is 6.52. The van der Waals surface area contributed by atoms with Gasteiger partial charge in [-0.2, -0.15) is 13.2 Å². The van der Waals surface area contributed by atoms with Crippen molar-refractivity contribution in [1.82, 2.24) is 5.32 Å². The van der Waals surface area contributed by atoms with Crippen molar-refractivity contribution in [3.63, 3.8) is 0 Å². The molecule has 1 aliphatic heterocycles. The Bertz CT molecular complexity index is 212. The molecule has 0 aromatic heterocycles. The number of carboxylic acid groups (broad SMARTS) is 1. The van der Waals surface area contributed by atoms with E-state index in [0.29, 0.717) is 0 Å². The molecule has 0 unspecified atom stereocenters. The highest BCUT2D eigenvalue weighted by Gasteiger charge is 2.48. The molecular formula is C6H8F3NO3. The minimum Gasteiger partial charge on any atom is -0.479 e. The summed E-state index contributed by atoms with van der Waals surface area (Å²) in [7, 11) is 0. The van der Waals surface area contributed by atoms with Gasteiger partial charge in [0.15, 0.2) is 5.60 Å². The van der Waals surface area contributed by atoms with E-state index >= 15 is 0 Å². The lowest BCUT2D eigenvalue weighted by molar-refractivity contribution is -0.220.